The minimum atomic E-state index is -0.504. The molecule has 1 aliphatic rings. The van der Waals surface area contributed by atoms with E-state index in [1.54, 1.807) is 4.90 Å². The van der Waals surface area contributed by atoms with Crippen molar-refractivity contribution in [1.82, 2.24) is 14.7 Å². The zero-order valence-corrected chi connectivity index (χ0v) is 11.8. The second kappa shape index (κ2) is 7.20. The molecule has 1 fully saturated rings. The Morgan fingerprint density at radius 1 is 1.60 bits per heavy atom. The molecule has 0 saturated carbocycles. The minimum absolute atomic E-state index is 0. The standard InChI is InChI=1S/C11H17N5O3.ClH/c12-6-9-2-1-4-15(9)11(17)3-5-14-8-10(7-13-14)16(18)19;/h7-9H,1-6,12H2;1H. The average Bonchev–Trinajstić information content (AvgIpc) is 3.04. The van der Waals surface area contributed by atoms with Crippen molar-refractivity contribution in [2.24, 2.45) is 5.73 Å². The Morgan fingerprint density at radius 2 is 2.35 bits per heavy atom. The van der Waals surface area contributed by atoms with E-state index in [1.165, 1.54) is 17.1 Å². The van der Waals surface area contributed by atoms with Crippen molar-refractivity contribution in [2.75, 3.05) is 13.1 Å². The molecule has 0 bridgehead atoms. The summed E-state index contributed by atoms with van der Waals surface area (Å²) in [5.41, 5.74) is 5.56. The topological polar surface area (TPSA) is 107 Å². The van der Waals surface area contributed by atoms with Crippen LogP contribution in [0.5, 0.6) is 0 Å². The van der Waals surface area contributed by atoms with Gasteiger partial charge in [0.1, 0.15) is 12.4 Å². The van der Waals surface area contributed by atoms with Crippen molar-refractivity contribution in [3.63, 3.8) is 0 Å². The van der Waals surface area contributed by atoms with Gasteiger partial charge in [0, 0.05) is 32.1 Å². The van der Waals surface area contributed by atoms with Crippen molar-refractivity contribution < 1.29 is 9.72 Å². The number of nitrogens with two attached hydrogens (primary N) is 1. The number of aromatic nitrogens is 2. The van der Waals surface area contributed by atoms with Crippen LogP contribution in [0.3, 0.4) is 0 Å². The molecule has 1 amide bonds. The first-order valence-electron chi connectivity index (χ1n) is 6.28. The predicted molar refractivity (Wildman–Crippen MR) is 74.5 cm³/mol. The fourth-order valence-electron chi connectivity index (χ4n) is 2.33. The summed E-state index contributed by atoms with van der Waals surface area (Å²) in [6, 6.07) is 0.138. The van der Waals surface area contributed by atoms with Gasteiger partial charge in [-0.2, -0.15) is 5.10 Å². The monoisotopic (exact) mass is 303 g/mol. The van der Waals surface area contributed by atoms with Crippen molar-refractivity contribution >= 4 is 24.0 Å². The van der Waals surface area contributed by atoms with Crippen LogP contribution >= 0.6 is 12.4 Å². The molecule has 20 heavy (non-hydrogen) atoms. The van der Waals surface area contributed by atoms with Crippen LogP contribution in [0.4, 0.5) is 5.69 Å². The predicted octanol–water partition coefficient (Wildman–Crippen LogP) is 0.553. The summed E-state index contributed by atoms with van der Waals surface area (Å²) in [6.07, 6.45) is 4.74. The van der Waals surface area contributed by atoms with Crippen LogP contribution in [-0.4, -0.2) is 44.6 Å². The molecule has 0 aliphatic carbocycles. The van der Waals surface area contributed by atoms with E-state index in [0.29, 0.717) is 13.1 Å². The molecule has 2 rings (SSSR count). The number of likely N-dealkylation sites (tertiary alicyclic amines) is 1. The molecule has 0 radical (unpaired) electrons. The Hall–Kier alpha value is -1.67. The van der Waals surface area contributed by atoms with Gasteiger partial charge in [0.2, 0.25) is 5.91 Å². The lowest BCUT2D eigenvalue weighted by Crippen LogP contribution is -2.40. The largest absolute Gasteiger partial charge is 0.338 e. The van der Waals surface area contributed by atoms with E-state index < -0.39 is 4.92 Å². The third-order valence-electron chi connectivity index (χ3n) is 3.35. The van der Waals surface area contributed by atoms with Gasteiger partial charge in [-0.25, -0.2) is 0 Å². The minimum Gasteiger partial charge on any atom is -0.338 e. The fourth-order valence-corrected chi connectivity index (χ4v) is 2.33. The Balaban J connectivity index is 0.00000200. The molecule has 1 aromatic rings. The van der Waals surface area contributed by atoms with Gasteiger partial charge in [-0.05, 0) is 12.8 Å². The number of carbonyl (C=O) groups excluding carboxylic acids is 1. The zero-order valence-electron chi connectivity index (χ0n) is 11.0. The number of hydrogen-bond acceptors (Lipinski definition) is 5. The summed E-state index contributed by atoms with van der Waals surface area (Å²) in [7, 11) is 0. The van der Waals surface area contributed by atoms with Gasteiger partial charge < -0.3 is 10.6 Å². The summed E-state index contributed by atoms with van der Waals surface area (Å²) >= 11 is 0. The molecular formula is C11H18ClN5O3. The number of aryl methyl sites for hydroxylation is 1. The van der Waals surface area contributed by atoms with Crippen LogP contribution in [0, 0.1) is 10.1 Å². The Labute approximate surface area is 122 Å². The first kappa shape index (κ1) is 16.4. The number of nitro groups is 1. The molecular weight excluding hydrogens is 286 g/mol. The third-order valence-corrected chi connectivity index (χ3v) is 3.35. The van der Waals surface area contributed by atoms with Gasteiger partial charge in [-0.15, -0.1) is 12.4 Å². The molecule has 1 aromatic heterocycles. The molecule has 2 heterocycles. The molecule has 1 atom stereocenters. The molecule has 112 valence electrons. The van der Waals surface area contributed by atoms with Crippen molar-refractivity contribution in [1.29, 1.82) is 0 Å². The maximum Gasteiger partial charge on any atom is 0.306 e. The first-order chi connectivity index (χ1) is 9.11. The van der Waals surface area contributed by atoms with Crippen molar-refractivity contribution in [3.8, 4) is 0 Å². The quantitative estimate of drug-likeness (QED) is 0.631. The van der Waals surface area contributed by atoms with Gasteiger partial charge in [0.25, 0.3) is 0 Å². The van der Waals surface area contributed by atoms with Crippen LogP contribution in [0.1, 0.15) is 19.3 Å². The van der Waals surface area contributed by atoms with E-state index >= 15 is 0 Å². The number of carbonyl (C=O) groups is 1. The molecule has 8 nitrogen and oxygen atoms in total. The average molecular weight is 304 g/mol. The summed E-state index contributed by atoms with van der Waals surface area (Å²) in [6.45, 7) is 1.58. The van der Waals surface area contributed by atoms with E-state index in [9.17, 15) is 14.9 Å². The lowest BCUT2D eigenvalue weighted by molar-refractivity contribution is -0.385. The van der Waals surface area contributed by atoms with Crippen LogP contribution in [0.25, 0.3) is 0 Å². The van der Waals surface area contributed by atoms with Crippen LogP contribution in [0.15, 0.2) is 12.4 Å². The number of amides is 1. The summed E-state index contributed by atoms with van der Waals surface area (Å²) in [5, 5.41) is 14.4. The molecule has 0 spiro atoms. The molecule has 0 aromatic carbocycles. The highest BCUT2D eigenvalue weighted by Crippen LogP contribution is 2.17. The second-order valence-electron chi connectivity index (χ2n) is 4.59. The van der Waals surface area contributed by atoms with Crippen LogP contribution in [0.2, 0.25) is 0 Å². The first-order valence-corrected chi connectivity index (χ1v) is 6.28. The maximum absolute atomic E-state index is 12.0. The Bertz CT molecular complexity index is 478. The highest BCUT2D eigenvalue weighted by Gasteiger charge is 2.27. The Kier molecular flexibility index (Phi) is 5.90. The molecule has 2 N–H and O–H groups in total. The highest BCUT2D eigenvalue weighted by atomic mass is 35.5. The SMILES string of the molecule is Cl.NCC1CCCN1C(=O)CCn1cc([N+](=O)[O-])cn1. The fraction of sp³-hybridized carbons (Fsp3) is 0.636. The second-order valence-corrected chi connectivity index (χ2v) is 4.59. The number of halogens is 1. The van der Waals surface area contributed by atoms with Crippen LogP contribution in [-0.2, 0) is 11.3 Å². The van der Waals surface area contributed by atoms with Gasteiger partial charge >= 0.3 is 5.69 Å². The summed E-state index contributed by atoms with van der Waals surface area (Å²) in [4.78, 5) is 23.8. The molecule has 1 aliphatic heterocycles. The van der Waals surface area contributed by atoms with E-state index in [2.05, 4.69) is 5.10 Å². The lowest BCUT2D eigenvalue weighted by atomic mass is 10.2. The zero-order chi connectivity index (χ0) is 13.8. The van der Waals surface area contributed by atoms with E-state index in [0.717, 1.165) is 19.4 Å². The third kappa shape index (κ3) is 3.67. The lowest BCUT2D eigenvalue weighted by Gasteiger charge is -2.23. The smallest absolute Gasteiger partial charge is 0.306 e. The normalized spacial score (nSPS) is 17.9. The van der Waals surface area contributed by atoms with Crippen molar-refractivity contribution in [2.45, 2.75) is 31.8 Å². The number of nitrogens with zero attached hydrogens (tertiary/aromatic N) is 4. The summed E-state index contributed by atoms with van der Waals surface area (Å²) in [5.74, 6) is 0.0334. The number of rotatable bonds is 5. The van der Waals surface area contributed by atoms with Gasteiger partial charge in [-0.1, -0.05) is 0 Å². The van der Waals surface area contributed by atoms with E-state index in [4.69, 9.17) is 5.73 Å². The van der Waals surface area contributed by atoms with Gasteiger partial charge in [0.05, 0.1) is 4.92 Å². The van der Waals surface area contributed by atoms with E-state index in [1.807, 2.05) is 0 Å². The van der Waals surface area contributed by atoms with Gasteiger partial charge in [-0.3, -0.25) is 19.6 Å². The van der Waals surface area contributed by atoms with Crippen molar-refractivity contribution in [3.05, 3.63) is 22.5 Å². The molecule has 1 unspecified atom stereocenters. The highest BCUT2D eigenvalue weighted by molar-refractivity contribution is 5.85. The summed E-state index contributed by atoms with van der Waals surface area (Å²) < 4.78 is 1.42. The van der Waals surface area contributed by atoms with E-state index in [-0.39, 0.29) is 36.5 Å². The number of hydrogen-bond donors (Lipinski definition) is 1. The van der Waals surface area contributed by atoms with Gasteiger partial charge in [0.15, 0.2) is 0 Å². The Morgan fingerprint density at radius 3 is 2.95 bits per heavy atom. The molecule has 1 saturated heterocycles. The maximum atomic E-state index is 12.0. The molecule has 9 heteroatoms. The van der Waals surface area contributed by atoms with Crippen LogP contribution < -0.4 is 5.73 Å².